The maximum absolute atomic E-state index is 13.8. The Bertz CT molecular complexity index is 1400. The van der Waals surface area contributed by atoms with Crippen molar-refractivity contribution in [2.24, 2.45) is 0 Å². The molecule has 0 bridgehead atoms. The van der Waals surface area contributed by atoms with Gasteiger partial charge in [-0.15, -0.1) is 0 Å². The zero-order valence-corrected chi connectivity index (χ0v) is 23.4. The van der Waals surface area contributed by atoms with Gasteiger partial charge in [0.1, 0.15) is 12.6 Å². The van der Waals surface area contributed by atoms with E-state index in [9.17, 15) is 18.0 Å². The molecule has 1 atom stereocenters. The molecule has 0 aliphatic carbocycles. The fraction of sp³-hybridized carbons (Fsp3) is 0.259. The van der Waals surface area contributed by atoms with Gasteiger partial charge >= 0.3 is 0 Å². The lowest BCUT2D eigenvalue weighted by molar-refractivity contribution is -0.139. The lowest BCUT2D eigenvalue weighted by atomic mass is 10.1. The molecule has 3 aromatic rings. The molecule has 0 fully saturated rings. The van der Waals surface area contributed by atoms with Gasteiger partial charge in [-0.2, -0.15) is 0 Å². The molecule has 1 N–H and O–H groups in total. The van der Waals surface area contributed by atoms with Crippen molar-refractivity contribution in [3.63, 3.8) is 0 Å². The molecule has 0 aromatic heterocycles. The van der Waals surface area contributed by atoms with Crippen LogP contribution in [0.2, 0.25) is 10.0 Å². The van der Waals surface area contributed by atoms with E-state index in [0.29, 0.717) is 0 Å². The Morgan fingerprint density at radius 3 is 2.24 bits per heavy atom. The maximum Gasteiger partial charge on any atom is 0.264 e. The fourth-order valence-corrected chi connectivity index (χ4v) is 5.69. The first-order chi connectivity index (χ1) is 17.4. The highest BCUT2D eigenvalue weighted by atomic mass is 35.5. The number of anilines is 1. The van der Waals surface area contributed by atoms with Gasteiger partial charge in [-0.1, -0.05) is 70.7 Å². The monoisotopic (exact) mass is 561 g/mol. The molecule has 37 heavy (non-hydrogen) atoms. The maximum atomic E-state index is 13.8. The lowest BCUT2D eigenvalue weighted by Crippen LogP contribution is -2.50. The minimum Gasteiger partial charge on any atom is -0.357 e. The topological polar surface area (TPSA) is 86.8 Å². The molecule has 196 valence electrons. The number of benzene rings is 3. The number of nitrogens with one attached hydrogen (secondary N) is 1. The number of aryl methyl sites for hydroxylation is 2. The van der Waals surface area contributed by atoms with Gasteiger partial charge in [-0.3, -0.25) is 13.9 Å². The molecular weight excluding hydrogens is 533 g/mol. The van der Waals surface area contributed by atoms with E-state index in [1.165, 1.54) is 42.3 Å². The molecule has 3 aromatic carbocycles. The number of sulfonamides is 1. The summed E-state index contributed by atoms with van der Waals surface area (Å²) in [5.41, 5.74) is 2.74. The molecule has 2 amide bonds. The van der Waals surface area contributed by atoms with Crippen LogP contribution < -0.4 is 9.62 Å². The standard InChI is InChI=1S/C27H29Cl2N3O4S/c1-18-8-11-23(12-9-18)37(35,36)32(25-15-22(28)10-13-24(25)29)17-26(33)31(20(3)27(34)30-4)16-21-7-5-6-19(2)14-21/h5-15,20H,16-17H2,1-4H3,(H,30,34)/t20-/m0/s1. The first-order valence-electron chi connectivity index (χ1n) is 11.5. The van der Waals surface area contributed by atoms with Crippen LogP contribution in [-0.2, 0) is 26.2 Å². The minimum atomic E-state index is -4.23. The Morgan fingerprint density at radius 1 is 0.946 bits per heavy atom. The fourth-order valence-electron chi connectivity index (χ4n) is 3.83. The average Bonchev–Trinajstić information content (AvgIpc) is 2.86. The van der Waals surface area contributed by atoms with Crippen molar-refractivity contribution < 1.29 is 18.0 Å². The molecule has 7 nitrogen and oxygen atoms in total. The van der Waals surface area contributed by atoms with E-state index < -0.39 is 28.5 Å². The predicted octanol–water partition coefficient (Wildman–Crippen LogP) is 4.97. The SMILES string of the molecule is CNC(=O)[C@H](C)N(Cc1cccc(C)c1)C(=O)CN(c1cc(Cl)ccc1Cl)S(=O)(=O)c1ccc(C)cc1. The van der Waals surface area contributed by atoms with Crippen LogP contribution in [0.4, 0.5) is 5.69 Å². The third-order valence-corrected chi connectivity index (χ3v) is 8.24. The number of rotatable bonds is 9. The van der Waals surface area contributed by atoms with Gasteiger partial charge in [0.15, 0.2) is 0 Å². The van der Waals surface area contributed by atoms with Crippen molar-refractivity contribution in [3.8, 4) is 0 Å². The second-order valence-corrected chi connectivity index (χ2v) is 11.4. The summed E-state index contributed by atoms with van der Waals surface area (Å²) < 4.78 is 28.5. The van der Waals surface area contributed by atoms with Gasteiger partial charge in [-0.05, 0) is 56.7 Å². The summed E-state index contributed by atoms with van der Waals surface area (Å²) in [6.07, 6.45) is 0. The Balaban J connectivity index is 2.08. The normalized spacial score (nSPS) is 12.1. The summed E-state index contributed by atoms with van der Waals surface area (Å²) >= 11 is 12.6. The molecule has 0 saturated heterocycles. The molecule has 10 heteroatoms. The third kappa shape index (κ3) is 6.83. The van der Waals surface area contributed by atoms with Crippen LogP contribution >= 0.6 is 23.2 Å². The molecule has 0 unspecified atom stereocenters. The van der Waals surface area contributed by atoms with E-state index in [4.69, 9.17) is 23.2 Å². The number of halogens is 2. The highest BCUT2D eigenvalue weighted by molar-refractivity contribution is 7.92. The van der Waals surface area contributed by atoms with Crippen LogP contribution in [0.5, 0.6) is 0 Å². The van der Waals surface area contributed by atoms with Crippen molar-refractivity contribution in [2.75, 3.05) is 17.9 Å². The summed E-state index contributed by atoms with van der Waals surface area (Å²) in [4.78, 5) is 27.7. The van der Waals surface area contributed by atoms with Crippen molar-refractivity contribution in [2.45, 2.75) is 38.3 Å². The van der Waals surface area contributed by atoms with Gasteiger partial charge in [0, 0.05) is 18.6 Å². The van der Waals surface area contributed by atoms with Gasteiger partial charge in [0.2, 0.25) is 11.8 Å². The van der Waals surface area contributed by atoms with Crippen molar-refractivity contribution in [3.05, 3.63) is 93.5 Å². The van der Waals surface area contributed by atoms with Gasteiger partial charge in [0.05, 0.1) is 15.6 Å². The van der Waals surface area contributed by atoms with Crippen LogP contribution in [0.3, 0.4) is 0 Å². The van der Waals surface area contributed by atoms with E-state index >= 15 is 0 Å². The number of amides is 2. The largest absolute Gasteiger partial charge is 0.357 e. The van der Waals surface area contributed by atoms with Crippen LogP contribution in [0.15, 0.2) is 71.6 Å². The Kier molecular flexibility index (Phi) is 9.23. The first kappa shape index (κ1) is 28.5. The predicted molar refractivity (Wildman–Crippen MR) is 147 cm³/mol. The highest BCUT2D eigenvalue weighted by Crippen LogP contribution is 2.33. The van der Waals surface area contributed by atoms with Gasteiger partial charge in [0.25, 0.3) is 10.0 Å². The van der Waals surface area contributed by atoms with Crippen LogP contribution in [0.25, 0.3) is 0 Å². The molecule has 0 spiro atoms. The van der Waals surface area contributed by atoms with Crippen LogP contribution in [0, 0.1) is 13.8 Å². The van der Waals surface area contributed by atoms with Crippen LogP contribution in [-0.4, -0.2) is 44.8 Å². The second kappa shape index (κ2) is 12.0. The van der Waals surface area contributed by atoms with Crippen LogP contribution in [0.1, 0.15) is 23.6 Å². The molecule has 0 aliphatic rings. The zero-order valence-electron chi connectivity index (χ0n) is 21.0. The number of likely N-dealkylation sites (N-methyl/N-ethyl adjacent to an activating group) is 1. The van der Waals surface area contributed by atoms with E-state index in [2.05, 4.69) is 5.32 Å². The number of hydrogen-bond acceptors (Lipinski definition) is 4. The van der Waals surface area contributed by atoms with Crippen molar-refractivity contribution in [1.82, 2.24) is 10.2 Å². The van der Waals surface area contributed by atoms with Gasteiger partial charge in [-0.25, -0.2) is 8.42 Å². The third-order valence-electron chi connectivity index (χ3n) is 5.91. The summed E-state index contributed by atoms with van der Waals surface area (Å²) in [5, 5.41) is 2.92. The Hall–Kier alpha value is -3.07. The van der Waals surface area contributed by atoms with E-state index in [1.807, 2.05) is 38.1 Å². The van der Waals surface area contributed by atoms with Crippen molar-refractivity contribution >= 4 is 50.7 Å². The molecular formula is C27H29Cl2N3O4S. The summed E-state index contributed by atoms with van der Waals surface area (Å²) in [6, 6.07) is 17.4. The van der Waals surface area contributed by atoms with E-state index in [0.717, 1.165) is 21.0 Å². The smallest absolute Gasteiger partial charge is 0.264 e. The average molecular weight is 563 g/mol. The Morgan fingerprint density at radius 2 is 1.62 bits per heavy atom. The second-order valence-electron chi connectivity index (χ2n) is 8.72. The Labute approximate surface area is 228 Å². The first-order valence-corrected chi connectivity index (χ1v) is 13.7. The minimum absolute atomic E-state index is 0.00785. The van der Waals surface area contributed by atoms with Crippen molar-refractivity contribution in [1.29, 1.82) is 0 Å². The van der Waals surface area contributed by atoms with Gasteiger partial charge < -0.3 is 10.2 Å². The number of carbonyl (C=O) groups excluding carboxylic acids is 2. The number of hydrogen-bond donors (Lipinski definition) is 1. The molecule has 0 heterocycles. The molecule has 0 saturated carbocycles. The quantitative estimate of drug-likeness (QED) is 0.399. The summed E-state index contributed by atoms with van der Waals surface area (Å²) in [5.74, 6) is -0.959. The van der Waals surface area contributed by atoms with E-state index in [1.54, 1.807) is 19.1 Å². The summed E-state index contributed by atoms with van der Waals surface area (Å²) in [7, 11) is -2.75. The number of nitrogens with zero attached hydrogens (tertiary/aromatic N) is 2. The lowest BCUT2D eigenvalue weighted by Gasteiger charge is -2.32. The molecule has 3 rings (SSSR count). The molecule has 0 radical (unpaired) electrons. The molecule has 0 aliphatic heterocycles. The summed E-state index contributed by atoms with van der Waals surface area (Å²) in [6.45, 7) is 4.88. The highest BCUT2D eigenvalue weighted by Gasteiger charge is 2.33. The van der Waals surface area contributed by atoms with E-state index in [-0.39, 0.29) is 33.1 Å². The number of carbonyl (C=O) groups is 2. The zero-order chi connectivity index (χ0) is 27.3.